The van der Waals surface area contributed by atoms with Gasteiger partial charge < -0.3 is 0 Å². The number of phenolic OH excluding ortho intramolecular Hbond substituents is 1. The summed E-state index contributed by atoms with van der Waals surface area (Å²) in [5.74, 6) is 0.792. The predicted octanol–water partition coefficient (Wildman–Crippen LogP) is 10.7. The maximum absolute atomic E-state index is 11.7. The molecule has 0 atom stereocenters. The Labute approximate surface area is 245 Å². The summed E-state index contributed by atoms with van der Waals surface area (Å²) in [6.45, 7) is 8.78. The molecule has 0 saturated heterocycles. The minimum absolute atomic E-state index is 0.258. The van der Waals surface area contributed by atoms with Crippen LogP contribution in [0, 0.1) is 0 Å². The van der Waals surface area contributed by atoms with Gasteiger partial charge in [-0.25, -0.2) is 0 Å². The third kappa shape index (κ3) is 12.5. The summed E-state index contributed by atoms with van der Waals surface area (Å²) in [5.41, 5.74) is 1.95. The van der Waals surface area contributed by atoms with Crippen LogP contribution in [0.5, 0.6) is 11.5 Å². The maximum atomic E-state index is 11.7. The van der Waals surface area contributed by atoms with E-state index in [0.29, 0.717) is 18.1 Å². The van der Waals surface area contributed by atoms with Gasteiger partial charge in [0.05, 0.1) is 0 Å². The van der Waals surface area contributed by atoms with Crippen molar-refractivity contribution in [2.75, 3.05) is 12.3 Å². The number of unbranched alkanes of at least 4 members (excludes halogenated alkanes) is 14. The first kappa shape index (κ1) is 34.6. The molecule has 0 bridgehead atoms. The first-order valence-corrected chi connectivity index (χ1v) is 18.6. The monoisotopic (exact) mass is 574 g/mol. The molecule has 0 amide bonds. The second-order valence-corrected chi connectivity index (χ2v) is 16.2. The number of hydrogen-bond acceptors (Lipinski definition) is 4. The van der Waals surface area contributed by atoms with Crippen molar-refractivity contribution in [1.29, 1.82) is 0 Å². The van der Waals surface area contributed by atoms with Gasteiger partial charge in [-0.2, -0.15) is 0 Å². The SMILES string of the molecule is CCCCCCCCCCP(O)(O)(CCCCCCCCCC)Oc1ccc(C(C)(C)c2ccc(O)cc2)cc1. The third-order valence-electron chi connectivity index (χ3n) is 8.40. The van der Waals surface area contributed by atoms with Gasteiger partial charge in [-0.05, 0) is 0 Å². The Balaban J connectivity index is 2.01. The molecule has 0 saturated carbocycles. The summed E-state index contributed by atoms with van der Waals surface area (Å²) in [6, 6.07) is 15.1. The molecular weight excluding hydrogens is 515 g/mol. The van der Waals surface area contributed by atoms with E-state index in [9.17, 15) is 14.9 Å². The molecule has 2 aromatic carbocycles. The first-order chi connectivity index (χ1) is 19.1. The van der Waals surface area contributed by atoms with Crippen molar-refractivity contribution in [1.82, 2.24) is 0 Å². The average molecular weight is 575 g/mol. The molecule has 4 nitrogen and oxygen atoms in total. The van der Waals surface area contributed by atoms with Gasteiger partial charge >= 0.3 is 246 Å². The molecule has 0 aliphatic rings. The molecule has 0 spiro atoms. The van der Waals surface area contributed by atoms with Gasteiger partial charge in [0.15, 0.2) is 0 Å². The van der Waals surface area contributed by atoms with Gasteiger partial charge in [-0.15, -0.1) is 0 Å². The summed E-state index contributed by atoms with van der Waals surface area (Å²) in [6.07, 6.45) is 19.4. The van der Waals surface area contributed by atoms with E-state index in [-0.39, 0.29) is 11.2 Å². The summed E-state index contributed by atoms with van der Waals surface area (Å²) in [7, 11) is -4.31. The van der Waals surface area contributed by atoms with E-state index < -0.39 is 7.28 Å². The minimum atomic E-state index is -4.31. The Morgan fingerprint density at radius 3 is 1.30 bits per heavy atom. The van der Waals surface area contributed by atoms with E-state index in [1.54, 1.807) is 12.1 Å². The first-order valence-electron chi connectivity index (χ1n) is 16.2. The molecule has 5 heteroatoms. The van der Waals surface area contributed by atoms with Gasteiger partial charge in [-0.1, -0.05) is 0 Å². The summed E-state index contributed by atoms with van der Waals surface area (Å²) < 4.78 is 6.21. The van der Waals surface area contributed by atoms with Gasteiger partial charge in [0.2, 0.25) is 0 Å². The quantitative estimate of drug-likeness (QED) is 0.0966. The molecule has 0 unspecified atom stereocenters. The second kappa shape index (κ2) is 17.4. The topological polar surface area (TPSA) is 69.9 Å². The molecular formula is C35H59O4P. The second-order valence-electron chi connectivity index (χ2n) is 12.5. The Kier molecular flexibility index (Phi) is 15.0. The molecule has 0 fully saturated rings. The van der Waals surface area contributed by atoms with Crippen molar-refractivity contribution in [3.63, 3.8) is 0 Å². The fourth-order valence-corrected chi connectivity index (χ4v) is 8.28. The van der Waals surface area contributed by atoms with E-state index in [0.717, 1.165) is 49.7 Å². The van der Waals surface area contributed by atoms with E-state index in [1.165, 1.54) is 64.2 Å². The van der Waals surface area contributed by atoms with Crippen molar-refractivity contribution in [3.05, 3.63) is 59.7 Å². The van der Waals surface area contributed by atoms with Gasteiger partial charge in [0.25, 0.3) is 0 Å². The normalized spacial score (nSPS) is 13.2. The molecule has 0 aromatic heterocycles. The van der Waals surface area contributed by atoms with Crippen molar-refractivity contribution in [2.45, 2.75) is 136 Å². The van der Waals surface area contributed by atoms with Crippen LogP contribution in [0.25, 0.3) is 0 Å². The molecule has 2 rings (SSSR count). The Bertz CT molecular complexity index is 913. The van der Waals surface area contributed by atoms with Crippen molar-refractivity contribution in [2.24, 2.45) is 0 Å². The van der Waals surface area contributed by atoms with Gasteiger partial charge in [-0.3, -0.25) is 0 Å². The Morgan fingerprint density at radius 2 is 0.900 bits per heavy atom. The van der Waals surface area contributed by atoms with E-state index in [2.05, 4.69) is 27.7 Å². The van der Waals surface area contributed by atoms with Gasteiger partial charge in [0.1, 0.15) is 0 Å². The zero-order valence-corrected chi connectivity index (χ0v) is 26.9. The molecule has 0 aliphatic heterocycles. The molecule has 40 heavy (non-hydrogen) atoms. The average Bonchev–Trinajstić information content (AvgIpc) is 2.92. The Morgan fingerprint density at radius 1 is 0.550 bits per heavy atom. The number of rotatable bonds is 22. The molecule has 0 aliphatic carbocycles. The van der Waals surface area contributed by atoms with Gasteiger partial charge in [0, 0.05) is 0 Å². The van der Waals surface area contributed by atoms with E-state index >= 15 is 0 Å². The van der Waals surface area contributed by atoms with Crippen LogP contribution in [0.15, 0.2) is 48.5 Å². The van der Waals surface area contributed by atoms with Crippen LogP contribution in [0.4, 0.5) is 0 Å². The molecule has 0 radical (unpaired) electrons. The standard InChI is InChI=1S/C35H59O4P/c1-5-7-9-11-13-15-17-19-29-40(37,38,30-20-18-16-14-12-10-8-6-2)39-34-27-23-32(24-28-34)35(3,4)31-21-25-33(36)26-22-31/h21-28,36-38H,5-20,29-30H2,1-4H3. The predicted molar refractivity (Wildman–Crippen MR) is 174 cm³/mol. The van der Waals surface area contributed by atoms with Crippen LogP contribution in [0.3, 0.4) is 0 Å². The number of aromatic hydroxyl groups is 1. The third-order valence-corrected chi connectivity index (χ3v) is 11.5. The number of phenols is 1. The molecule has 3 N–H and O–H groups in total. The van der Waals surface area contributed by atoms with E-state index in [4.69, 9.17) is 4.52 Å². The summed E-state index contributed by atoms with van der Waals surface area (Å²) in [4.78, 5) is 23.5. The van der Waals surface area contributed by atoms with Crippen LogP contribution in [0.1, 0.15) is 142 Å². The van der Waals surface area contributed by atoms with Crippen LogP contribution in [-0.4, -0.2) is 27.2 Å². The zero-order chi connectivity index (χ0) is 29.3. The fraction of sp³-hybridized carbons (Fsp3) is 0.657. The van der Waals surface area contributed by atoms with Crippen LogP contribution in [0.2, 0.25) is 0 Å². The van der Waals surface area contributed by atoms with Crippen molar-refractivity contribution in [3.8, 4) is 11.5 Å². The van der Waals surface area contributed by atoms with Crippen LogP contribution >= 0.6 is 7.28 Å². The number of hydrogen-bond donors (Lipinski definition) is 3. The van der Waals surface area contributed by atoms with Crippen molar-refractivity contribution < 1.29 is 19.4 Å². The Hall–Kier alpha value is -1.61. The van der Waals surface area contributed by atoms with Crippen LogP contribution < -0.4 is 4.52 Å². The zero-order valence-electron chi connectivity index (χ0n) is 26.0. The molecule has 2 aromatic rings. The molecule has 0 heterocycles. The molecule has 228 valence electrons. The van der Waals surface area contributed by atoms with Crippen LogP contribution in [-0.2, 0) is 5.41 Å². The number of benzene rings is 2. The fourth-order valence-electron chi connectivity index (χ4n) is 5.55. The van der Waals surface area contributed by atoms with E-state index in [1.807, 2.05) is 36.4 Å². The summed E-state index contributed by atoms with van der Waals surface area (Å²) >= 11 is 0. The van der Waals surface area contributed by atoms with Crippen molar-refractivity contribution >= 4 is 7.28 Å². The summed E-state index contributed by atoms with van der Waals surface area (Å²) in [5, 5.41) is 9.67.